The molecule has 3 heteroatoms. The predicted octanol–water partition coefficient (Wildman–Crippen LogP) is 2.90. The van der Waals surface area contributed by atoms with Gasteiger partial charge in [-0.2, -0.15) is 0 Å². The molecule has 3 rings (SSSR count). The van der Waals surface area contributed by atoms with Gasteiger partial charge < -0.3 is 4.57 Å². The van der Waals surface area contributed by atoms with E-state index in [9.17, 15) is 4.79 Å². The van der Waals surface area contributed by atoms with Gasteiger partial charge in [0.2, 0.25) is 0 Å². The van der Waals surface area contributed by atoms with Crippen molar-refractivity contribution in [3.63, 3.8) is 0 Å². The molecule has 0 atom stereocenters. The molecule has 0 aliphatic heterocycles. The average molecular weight is 236 g/mol. The fourth-order valence-electron chi connectivity index (χ4n) is 2.12. The van der Waals surface area contributed by atoms with E-state index in [1.807, 2.05) is 53.5 Å². The number of aromatic nitrogens is 2. The Morgan fingerprint density at radius 2 is 2.06 bits per heavy atom. The molecule has 0 fully saturated rings. The highest BCUT2D eigenvalue weighted by Gasteiger charge is 2.02. The van der Waals surface area contributed by atoms with Crippen LogP contribution in [0.2, 0.25) is 0 Å². The Hall–Kier alpha value is -2.42. The quantitative estimate of drug-likeness (QED) is 0.655. The fourth-order valence-corrected chi connectivity index (χ4v) is 2.12. The summed E-state index contributed by atoms with van der Waals surface area (Å²) in [5.41, 5.74) is 2.90. The molecule has 0 aliphatic rings. The van der Waals surface area contributed by atoms with Crippen LogP contribution in [0.1, 0.15) is 15.9 Å². The molecular weight excluding hydrogens is 224 g/mol. The summed E-state index contributed by atoms with van der Waals surface area (Å²) in [7, 11) is 0. The smallest absolute Gasteiger partial charge is 0.151 e. The largest absolute Gasteiger partial charge is 0.349 e. The van der Waals surface area contributed by atoms with Crippen molar-refractivity contribution >= 4 is 17.2 Å². The molecule has 0 spiro atoms. The lowest BCUT2D eigenvalue weighted by molar-refractivity contribution is 0.112. The lowest BCUT2D eigenvalue weighted by atomic mass is 10.1. The minimum absolute atomic E-state index is 0.702. The minimum Gasteiger partial charge on any atom is -0.349 e. The monoisotopic (exact) mass is 236 g/mol. The van der Waals surface area contributed by atoms with E-state index in [1.54, 1.807) is 0 Å². The summed E-state index contributed by atoms with van der Waals surface area (Å²) in [4.78, 5) is 15.0. The molecule has 0 unspecified atom stereocenters. The van der Waals surface area contributed by atoms with Gasteiger partial charge in [-0.3, -0.25) is 9.78 Å². The first-order chi connectivity index (χ1) is 8.86. The van der Waals surface area contributed by atoms with Crippen LogP contribution in [0.4, 0.5) is 0 Å². The lowest BCUT2D eigenvalue weighted by Gasteiger charge is -2.06. The maximum atomic E-state index is 10.7. The minimum atomic E-state index is 0.702. The third-order valence-electron chi connectivity index (χ3n) is 3.00. The van der Waals surface area contributed by atoms with E-state index in [-0.39, 0.29) is 0 Å². The Morgan fingerprint density at radius 3 is 2.89 bits per heavy atom. The molecule has 0 aliphatic carbocycles. The third-order valence-corrected chi connectivity index (χ3v) is 3.00. The van der Waals surface area contributed by atoms with Crippen molar-refractivity contribution in [2.24, 2.45) is 0 Å². The topological polar surface area (TPSA) is 34.9 Å². The van der Waals surface area contributed by atoms with Crippen LogP contribution in [0, 0.1) is 0 Å². The van der Waals surface area contributed by atoms with Gasteiger partial charge in [0, 0.05) is 36.1 Å². The number of pyridine rings is 1. The number of benzene rings is 1. The highest BCUT2D eigenvalue weighted by molar-refractivity contribution is 5.81. The third kappa shape index (κ3) is 1.91. The molecule has 2 heterocycles. The van der Waals surface area contributed by atoms with Gasteiger partial charge in [-0.05, 0) is 23.8 Å². The summed E-state index contributed by atoms with van der Waals surface area (Å²) in [6.07, 6.45) is 6.45. The van der Waals surface area contributed by atoms with Crippen LogP contribution in [-0.4, -0.2) is 15.8 Å². The van der Waals surface area contributed by atoms with Crippen molar-refractivity contribution in [3.05, 3.63) is 66.1 Å². The molecule has 1 aromatic carbocycles. The second-order valence-corrected chi connectivity index (χ2v) is 4.22. The van der Waals surface area contributed by atoms with Gasteiger partial charge >= 0.3 is 0 Å². The van der Waals surface area contributed by atoms with Gasteiger partial charge in [0.15, 0.2) is 6.29 Å². The fraction of sp³-hybridized carbons (Fsp3) is 0.0667. The van der Waals surface area contributed by atoms with Gasteiger partial charge in [0.05, 0.1) is 5.52 Å². The molecule has 3 aromatic rings. The summed E-state index contributed by atoms with van der Waals surface area (Å²) in [6.45, 7) is 0.747. The highest BCUT2D eigenvalue weighted by atomic mass is 16.1. The van der Waals surface area contributed by atoms with E-state index in [0.29, 0.717) is 5.56 Å². The number of rotatable bonds is 3. The molecule has 88 valence electrons. The summed E-state index contributed by atoms with van der Waals surface area (Å²) in [5.74, 6) is 0. The number of hydrogen-bond acceptors (Lipinski definition) is 2. The van der Waals surface area contributed by atoms with E-state index in [1.165, 1.54) is 5.56 Å². The van der Waals surface area contributed by atoms with E-state index in [0.717, 1.165) is 23.7 Å². The van der Waals surface area contributed by atoms with Crippen LogP contribution in [0.3, 0.4) is 0 Å². The summed E-state index contributed by atoms with van der Waals surface area (Å²) < 4.78 is 2.01. The molecule has 0 bridgehead atoms. The number of aldehydes is 1. The molecule has 18 heavy (non-hydrogen) atoms. The maximum absolute atomic E-state index is 10.7. The van der Waals surface area contributed by atoms with Crippen LogP contribution in [0.15, 0.2) is 55.0 Å². The Balaban J connectivity index is 2.01. The second kappa shape index (κ2) is 4.45. The van der Waals surface area contributed by atoms with Crippen molar-refractivity contribution in [1.29, 1.82) is 0 Å². The molecule has 3 nitrogen and oxygen atoms in total. The molecule has 0 radical (unpaired) electrons. The maximum Gasteiger partial charge on any atom is 0.151 e. The number of fused-ring (bicyclic) bond motifs is 1. The Kier molecular flexibility index (Phi) is 2.65. The van der Waals surface area contributed by atoms with E-state index in [4.69, 9.17) is 0 Å². The van der Waals surface area contributed by atoms with Crippen molar-refractivity contribution < 1.29 is 4.79 Å². The number of carbonyl (C=O) groups excluding carboxylic acids is 1. The first-order valence-electron chi connectivity index (χ1n) is 5.80. The standard InChI is InChI=1S/C15H12N2O/c18-11-12-6-8-17(9-12)10-13-5-7-16-15-4-2-1-3-14(13)15/h1-9,11H,10H2. The Labute approximate surface area is 105 Å². The first-order valence-corrected chi connectivity index (χ1v) is 5.80. The molecular formula is C15H12N2O. The first kappa shape index (κ1) is 10.7. The van der Waals surface area contributed by atoms with Crippen molar-refractivity contribution in [2.45, 2.75) is 6.54 Å². The molecule has 2 aromatic heterocycles. The summed E-state index contributed by atoms with van der Waals surface area (Å²) >= 11 is 0. The lowest BCUT2D eigenvalue weighted by Crippen LogP contribution is -1.97. The van der Waals surface area contributed by atoms with Gasteiger partial charge in [-0.15, -0.1) is 0 Å². The SMILES string of the molecule is O=Cc1ccn(Cc2ccnc3ccccc23)c1. The van der Waals surface area contributed by atoms with Gasteiger partial charge in [0.25, 0.3) is 0 Å². The van der Waals surface area contributed by atoms with Crippen LogP contribution in [-0.2, 0) is 6.54 Å². The second-order valence-electron chi connectivity index (χ2n) is 4.22. The number of para-hydroxylation sites is 1. The summed E-state index contributed by atoms with van der Waals surface area (Å²) in [6, 6.07) is 11.9. The molecule has 0 amide bonds. The molecule has 0 N–H and O–H groups in total. The van der Waals surface area contributed by atoms with Crippen molar-refractivity contribution in [1.82, 2.24) is 9.55 Å². The normalized spacial score (nSPS) is 10.7. The van der Waals surface area contributed by atoms with Crippen LogP contribution < -0.4 is 0 Å². The highest BCUT2D eigenvalue weighted by Crippen LogP contribution is 2.17. The molecule has 0 saturated carbocycles. The van der Waals surface area contributed by atoms with Gasteiger partial charge in [-0.1, -0.05) is 18.2 Å². The number of nitrogens with zero attached hydrogens (tertiary/aromatic N) is 2. The van der Waals surface area contributed by atoms with E-state index >= 15 is 0 Å². The predicted molar refractivity (Wildman–Crippen MR) is 70.7 cm³/mol. The van der Waals surface area contributed by atoms with Gasteiger partial charge in [-0.25, -0.2) is 0 Å². The summed E-state index contributed by atoms with van der Waals surface area (Å²) in [5, 5.41) is 1.15. The van der Waals surface area contributed by atoms with E-state index in [2.05, 4.69) is 11.1 Å². The van der Waals surface area contributed by atoms with Crippen molar-refractivity contribution in [3.8, 4) is 0 Å². The zero-order chi connectivity index (χ0) is 12.4. The zero-order valence-electron chi connectivity index (χ0n) is 9.78. The Morgan fingerprint density at radius 1 is 1.17 bits per heavy atom. The van der Waals surface area contributed by atoms with Crippen LogP contribution >= 0.6 is 0 Å². The Bertz CT molecular complexity index is 695. The molecule has 0 saturated heterocycles. The van der Waals surface area contributed by atoms with Gasteiger partial charge in [0.1, 0.15) is 0 Å². The van der Waals surface area contributed by atoms with Crippen LogP contribution in [0.25, 0.3) is 10.9 Å². The number of carbonyl (C=O) groups is 1. The van der Waals surface area contributed by atoms with Crippen molar-refractivity contribution in [2.75, 3.05) is 0 Å². The van der Waals surface area contributed by atoms with E-state index < -0.39 is 0 Å². The van der Waals surface area contributed by atoms with Crippen LogP contribution in [0.5, 0.6) is 0 Å². The average Bonchev–Trinajstić information content (AvgIpc) is 2.87. The zero-order valence-corrected chi connectivity index (χ0v) is 9.78. The number of hydrogen-bond donors (Lipinski definition) is 0.